The Kier molecular flexibility index (Phi) is 4.15. The number of halogens is 2. The van der Waals surface area contributed by atoms with Gasteiger partial charge in [-0.1, -0.05) is 40.5 Å². The average Bonchev–Trinajstić information content (AvgIpc) is 2.30. The van der Waals surface area contributed by atoms with Crippen molar-refractivity contribution in [2.75, 3.05) is 18.0 Å². The molecule has 1 aromatic rings. The molecule has 0 radical (unpaired) electrons. The lowest BCUT2D eigenvalue weighted by molar-refractivity contribution is 0.438. The van der Waals surface area contributed by atoms with Gasteiger partial charge in [-0.25, -0.2) is 0 Å². The molecule has 0 spiro atoms. The quantitative estimate of drug-likeness (QED) is 0.729. The second-order valence-electron chi connectivity index (χ2n) is 4.58. The first-order chi connectivity index (χ1) is 7.70. The SMILES string of the molecule is CC1CCN(c2cc(Cl)ccc2CBr)CC1. The molecule has 0 atom stereocenters. The van der Waals surface area contributed by atoms with Crippen LogP contribution in [0.15, 0.2) is 18.2 Å². The van der Waals surface area contributed by atoms with Crippen molar-refractivity contribution < 1.29 is 0 Å². The van der Waals surface area contributed by atoms with E-state index in [0.29, 0.717) is 0 Å². The molecule has 0 bridgehead atoms. The van der Waals surface area contributed by atoms with Crippen LogP contribution in [0.4, 0.5) is 5.69 Å². The van der Waals surface area contributed by atoms with Crippen molar-refractivity contribution in [3.05, 3.63) is 28.8 Å². The van der Waals surface area contributed by atoms with Crippen molar-refractivity contribution in [1.82, 2.24) is 0 Å². The summed E-state index contributed by atoms with van der Waals surface area (Å²) in [6.45, 7) is 4.64. The fourth-order valence-corrected chi connectivity index (χ4v) is 2.83. The average molecular weight is 303 g/mol. The van der Waals surface area contributed by atoms with Gasteiger partial charge in [0.2, 0.25) is 0 Å². The van der Waals surface area contributed by atoms with Gasteiger partial charge < -0.3 is 4.90 Å². The van der Waals surface area contributed by atoms with Gasteiger partial charge in [0, 0.05) is 29.1 Å². The van der Waals surface area contributed by atoms with E-state index < -0.39 is 0 Å². The first-order valence-electron chi connectivity index (χ1n) is 5.80. The van der Waals surface area contributed by atoms with Crippen LogP contribution < -0.4 is 4.90 Å². The summed E-state index contributed by atoms with van der Waals surface area (Å²) in [5.74, 6) is 0.864. The van der Waals surface area contributed by atoms with E-state index in [1.807, 2.05) is 6.07 Å². The fraction of sp³-hybridized carbons (Fsp3) is 0.538. The van der Waals surface area contributed by atoms with Crippen molar-refractivity contribution in [3.63, 3.8) is 0 Å². The summed E-state index contributed by atoms with van der Waals surface area (Å²) in [7, 11) is 0. The number of alkyl halides is 1. The smallest absolute Gasteiger partial charge is 0.0426 e. The van der Waals surface area contributed by atoms with Gasteiger partial charge in [0.05, 0.1) is 0 Å². The Bertz CT molecular complexity index is 359. The lowest BCUT2D eigenvalue weighted by Crippen LogP contribution is -2.33. The van der Waals surface area contributed by atoms with Crippen molar-refractivity contribution >= 4 is 33.2 Å². The van der Waals surface area contributed by atoms with Gasteiger partial charge in [-0.15, -0.1) is 0 Å². The van der Waals surface area contributed by atoms with E-state index >= 15 is 0 Å². The maximum absolute atomic E-state index is 6.08. The minimum atomic E-state index is 0.832. The van der Waals surface area contributed by atoms with E-state index in [2.05, 4.69) is 39.9 Å². The van der Waals surface area contributed by atoms with Gasteiger partial charge >= 0.3 is 0 Å². The highest BCUT2D eigenvalue weighted by Gasteiger charge is 2.18. The minimum Gasteiger partial charge on any atom is -0.371 e. The summed E-state index contributed by atoms with van der Waals surface area (Å²) < 4.78 is 0. The summed E-state index contributed by atoms with van der Waals surface area (Å²) in [6, 6.07) is 6.17. The highest BCUT2D eigenvalue weighted by atomic mass is 79.9. The van der Waals surface area contributed by atoms with Gasteiger partial charge in [-0.3, -0.25) is 0 Å². The van der Waals surface area contributed by atoms with Gasteiger partial charge in [-0.05, 0) is 36.5 Å². The normalized spacial score (nSPS) is 17.8. The number of anilines is 1. The van der Waals surface area contributed by atoms with Crippen molar-refractivity contribution in [2.24, 2.45) is 5.92 Å². The predicted octanol–water partition coefficient (Wildman–Crippen LogP) is 4.47. The Morgan fingerprint density at radius 3 is 2.69 bits per heavy atom. The van der Waals surface area contributed by atoms with E-state index in [0.717, 1.165) is 29.4 Å². The Morgan fingerprint density at radius 2 is 2.06 bits per heavy atom. The third-order valence-corrected chi connectivity index (χ3v) is 4.15. The van der Waals surface area contributed by atoms with E-state index in [-0.39, 0.29) is 0 Å². The highest BCUT2D eigenvalue weighted by Crippen LogP contribution is 2.30. The molecule has 0 aromatic heterocycles. The second-order valence-corrected chi connectivity index (χ2v) is 5.57. The maximum atomic E-state index is 6.08. The van der Waals surface area contributed by atoms with Crippen molar-refractivity contribution in [1.29, 1.82) is 0 Å². The van der Waals surface area contributed by atoms with Crippen LogP contribution in [-0.2, 0) is 5.33 Å². The topological polar surface area (TPSA) is 3.24 Å². The van der Waals surface area contributed by atoms with Crippen molar-refractivity contribution in [2.45, 2.75) is 25.1 Å². The fourth-order valence-electron chi connectivity index (χ4n) is 2.19. The van der Waals surface area contributed by atoms with Crippen LogP contribution in [0.2, 0.25) is 5.02 Å². The summed E-state index contributed by atoms with van der Waals surface area (Å²) >= 11 is 9.62. The lowest BCUT2D eigenvalue weighted by Gasteiger charge is -2.33. The molecule has 1 aromatic carbocycles. The molecule has 0 N–H and O–H groups in total. The van der Waals surface area contributed by atoms with Crippen LogP contribution >= 0.6 is 27.5 Å². The Morgan fingerprint density at radius 1 is 1.38 bits per heavy atom. The number of piperidine rings is 1. The van der Waals surface area contributed by atoms with Gasteiger partial charge in [0.25, 0.3) is 0 Å². The molecule has 2 rings (SSSR count). The lowest BCUT2D eigenvalue weighted by atomic mass is 9.98. The molecule has 1 aliphatic heterocycles. The molecule has 1 saturated heterocycles. The molecule has 3 heteroatoms. The number of rotatable bonds is 2. The summed E-state index contributed by atoms with van der Waals surface area (Å²) in [6.07, 6.45) is 2.57. The summed E-state index contributed by atoms with van der Waals surface area (Å²) in [5.41, 5.74) is 2.63. The van der Waals surface area contributed by atoms with E-state index in [4.69, 9.17) is 11.6 Å². The zero-order chi connectivity index (χ0) is 11.5. The van der Waals surface area contributed by atoms with E-state index in [1.54, 1.807) is 0 Å². The van der Waals surface area contributed by atoms with E-state index in [1.165, 1.54) is 24.1 Å². The van der Waals surface area contributed by atoms with Crippen LogP contribution in [0.3, 0.4) is 0 Å². The van der Waals surface area contributed by atoms with Gasteiger partial charge in [-0.2, -0.15) is 0 Å². The number of nitrogens with zero attached hydrogens (tertiary/aromatic N) is 1. The molecular formula is C13H17BrClN. The van der Waals surface area contributed by atoms with Crippen LogP contribution in [0.5, 0.6) is 0 Å². The Hall–Kier alpha value is -0.210. The van der Waals surface area contributed by atoms with Crippen LogP contribution in [0, 0.1) is 5.92 Å². The van der Waals surface area contributed by atoms with Crippen LogP contribution in [0.25, 0.3) is 0 Å². The van der Waals surface area contributed by atoms with E-state index in [9.17, 15) is 0 Å². The van der Waals surface area contributed by atoms with Crippen LogP contribution in [0.1, 0.15) is 25.3 Å². The molecule has 0 aliphatic carbocycles. The van der Waals surface area contributed by atoms with Gasteiger partial charge in [0.15, 0.2) is 0 Å². The standard InChI is InChI=1S/C13H17BrClN/c1-10-4-6-16(7-5-10)13-8-12(15)3-2-11(13)9-14/h2-3,8,10H,4-7,9H2,1H3. The molecular weight excluding hydrogens is 286 g/mol. The number of benzene rings is 1. The number of hydrogen-bond acceptors (Lipinski definition) is 1. The third-order valence-electron chi connectivity index (χ3n) is 3.32. The monoisotopic (exact) mass is 301 g/mol. The first-order valence-corrected chi connectivity index (χ1v) is 7.30. The molecule has 0 unspecified atom stereocenters. The second kappa shape index (κ2) is 5.42. The van der Waals surface area contributed by atoms with Gasteiger partial charge in [0.1, 0.15) is 0 Å². The largest absolute Gasteiger partial charge is 0.371 e. The number of hydrogen-bond donors (Lipinski definition) is 0. The van der Waals surface area contributed by atoms with Crippen LogP contribution in [-0.4, -0.2) is 13.1 Å². The zero-order valence-corrected chi connectivity index (χ0v) is 11.9. The Balaban J connectivity index is 2.21. The predicted molar refractivity (Wildman–Crippen MR) is 74.7 cm³/mol. The molecule has 16 heavy (non-hydrogen) atoms. The summed E-state index contributed by atoms with van der Waals surface area (Å²) in [5, 5.41) is 1.73. The molecule has 0 saturated carbocycles. The molecule has 1 nitrogen and oxygen atoms in total. The molecule has 1 aliphatic rings. The summed E-state index contributed by atoms with van der Waals surface area (Å²) in [4.78, 5) is 2.46. The maximum Gasteiger partial charge on any atom is 0.0426 e. The van der Waals surface area contributed by atoms with Crippen molar-refractivity contribution in [3.8, 4) is 0 Å². The third kappa shape index (κ3) is 2.72. The molecule has 1 heterocycles. The Labute approximate surface area is 111 Å². The first kappa shape index (κ1) is 12.3. The highest BCUT2D eigenvalue weighted by molar-refractivity contribution is 9.08. The molecule has 88 valence electrons. The molecule has 0 amide bonds. The zero-order valence-electron chi connectivity index (χ0n) is 9.55. The minimum absolute atomic E-state index is 0.832. The molecule has 1 fully saturated rings.